The third-order valence-electron chi connectivity index (χ3n) is 7.26. The largest absolute Gasteiger partial charge is 0.368 e. The maximum absolute atomic E-state index is 5.78. The summed E-state index contributed by atoms with van der Waals surface area (Å²) in [5.41, 5.74) is 20.8. The van der Waals surface area contributed by atoms with Gasteiger partial charge < -0.3 is 33.2 Å². The smallest absolute Gasteiger partial charge is 0.233 e. The van der Waals surface area contributed by atoms with Gasteiger partial charge in [-0.2, -0.15) is 29.9 Å². The first-order valence-electron chi connectivity index (χ1n) is 17.5. The Labute approximate surface area is 297 Å². The molecule has 0 aliphatic carbocycles. The van der Waals surface area contributed by atoms with Gasteiger partial charge in [0.1, 0.15) is 0 Å². The minimum atomic E-state index is 0.0714. The molecule has 268 valence electrons. The van der Waals surface area contributed by atoms with Crippen LogP contribution in [0.3, 0.4) is 0 Å². The molecule has 0 saturated heterocycles. The summed E-state index contributed by atoms with van der Waals surface area (Å²) in [6, 6.07) is 15.8. The number of benzene rings is 2. The minimum Gasteiger partial charge on any atom is -0.368 e. The van der Waals surface area contributed by atoms with E-state index in [1.165, 1.54) is 81.8 Å². The molecular weight excluding hydrogens is 636 g/mol. The molecule has 12 nitrogen and oxygen atoms in total. The van der Waals surface area contributed by atoms with Crippen LogP contribution >= 0.6 is 11.6 Å². The molecule has 13 heteroatoms. The fourth-order valence-corrected chi connectivity index (χ4v) is 4.68. The average Bonchev–Trinajstić information content (AvgIpc) is 3.06. The molecule has 0 fully saturated rings. The Kier molecular flexibility index (Phi) is 20.7. The third kappa shape index (κ3) is 19.3. The molecule has 0 aliphatic heterocycles. The third-order valence-corrected chi connectivity index (χ3v) is 7.43. The predicted molar refractivity (Wildman–Crippen MR) is 207 cm³/mol. The van der Waals surface area contributed by atoms with Crippen molar-refractivity contribution in [3.8, 4) is 0 Å². The maximum atomic E-state index is 5.78. The number of rotatable bonds is 18. The molecule has 0 spiro atoms. The van der Waals surface area contributed by atoms with Gasteiger partial charge in [0.2, 0.25) is 35.0 Å². The molecule has 2 heterocycles. The molecule has 9 N–H and O–H groups in total. The van der Waals surface area contributed by atoms with E-state index in [1.807, 2.05) is 55.5 Å². The second-order valence-electron chi connectivity index (χ2n) is 11.9. The molecule has 49 heavy (non-hydrogen) atoms. The summed E-state index contributed by atoms with van der Waals surface area (Å²) in [6.45, 7) is 10.3. The summed E-state index contributed by atoms with van der Waals surface area (Å²) in [5.74, 6) is 1.61. The predicted octanol–water partition coefficient (Wildman–Crippen LogP) is 8.74. The number of unbranched alkanes of at least 4 members (excludes halogenated alkanes) is 10. The normalized spacial score (nSPS) is 10.3. The zero-order valence-corrected chi connectivity index (χ0v) is 30.6. The molecule has 4 rings (SSSR count). The van der Waals surface area contributed by atoms with Crippen LogP contribution in [0.5, 0.6) is 0 Å². The number of aryl methyl sites for hydroxylation is 2. The van der Waals surface area contributed by atoms with Crippen LogP contribution in [0, 0.1) is 13.8 Å². The Morgan fingerprint density at radius 1 is 0.531 bits per heavy atom. The van der Waals surface area contributed by atoms with E-state index >= 15 is 0 Å². The van der Waals surface area contributed by atoms with Crippen molar-refractivity contribution in [1.82, 2.24) is 29.9 Å². The lowest BCUT2D eigenvalue weighted by atomic mass is 10.1. The van der Waals surface area contributed by atoms with E-state index in [4.69, 9.17) is 28.8 Å². The van der Waals surface area contributed by atoms with Crippen LogP contribution in [-0.2, 0) is 0 Å². The van der Waals surface area contributed by atoms with E-state index < -0.39 is 0 Å². The molecule has 0 bridgehead atoms. The van der Waals surface area contributed by atoms with E-state index in [1.54, 1.807) is 0 Å². The number of hydrogen-bond acceptors (Lipinski definition) is 12. The maximum Gasteiger partial charge on any atom is 0.233 e. The summed E-state index contributed by atoms with van der Waals surface area (Å²) >= 11 is 5.66. The second-order valence-corrected chi connectivity index (χ2v) is 12.2. The Bertz CT molecular complexity index is 1410. The topological polar surface area (TPSA) is 191 Å². The van der Waals surface area contributed by atoms with Crippen LogP contribution in [0.2, 0.25) is 5.28 Å². The highest BCUT2D eigenvalue weighted by molar-refractivity contribution is 6.28. The number of anilines is 7. The van der Waals surface area contributed by atoms with Crippen LogP contribution in [0.1, 0.15) is 102 Å². The van der Waals surface area contributed by atoms with Gasteiger partial charge in [-0.3, -0.25) is 0 Å². The molecule has 2 aromatic heterocycles. The molecule has 0 aliphatic rings. The van der Waals surface area contributed by atoms with E-state index in [2.05, 4.69) is 66.6 Å². The summed E-state index contributed by atoms with van der Waals surface area (Å²) in [5, 5.41) is 9.44. The van der Waals surface area contributed by atoms with Crippen LogP contribution in [0.25, 0.3) is 0 Å². The van der Waals surface area contributed by atoms with Gasteiger partial charge in [0.15, 0.2) is 0 Å². The van der Waals surface area contributed by atoms with Crippen molar-refractivity contribution in [3.63, 3.8) is 0 Å². The van der Waals surface area contributed by atoms with Crippen LogP contribution in [0.15, 0.2) is 48.5 Å². The zero-order chi connectivity index (χ0) is 35.7. The van der Waals surface area contributed by atoms with E-state index in [9.17, 15) is 0 Å². The van der Waals surface area contributed by atoms with Crippen molar-refractivity contribution >= 4 is 52.7 Å². The van der Waals surface area contributed by atoms with E-state index in [-0.39, 0.29) is 17.2 Å². The first-order chi connectivity index (χ1) is 23.7. The highest BCUT2D eigenvalue weighted by Crippen LogP contribution is 2.17. The number of nitrogens with two attached hydrogens (primary N) is 3. The van der Waals surface area contributed by atoms with Crippen LogP contribution in [0.4, 0.5) is 41.1 Å². The van der Waals surface area contributed by atoms with Crippen LogP contribution < -0.4 is 33.2 Å². The van der Waals surface area contributed by atoms with Crippen molar-refractivity contribution in [1.29, 1.82) is 0 Å². The number of nitrogens with zero attached hydrogens (tertiary/aromatic N) is 6. The Balaban J connectivity index is 0.000000286. The molecule has 0 atom stereocenters. The van der Waals surface area contributed by atoms with Crippen molar-refractivity contribution < 1.29 is 0 Å². The Morgan fingerprint density at radius 3 is 1.45 bits per heavy atom. The molecule has 0 saturated carbocycles. The molecule has 4 aromatic rings. The van der Waals surface area contributed by atoms with Crippen molar-refractivity contribution in [2.24, 2.45) is 5.73 Å². The summed E-state index contributed by atoms with van der Waals surface area (Å²) in [6.07, 6.45) is 15.6. The minimum absolute atomic E-state index is 0.0714. The molecule has 2 aromatic carbocycles. The second kappa shape index (κ2) is 24.8. The van der Waals surface area contributed by atoms with E-state index in [0.717, 1.165) is 30.9 Å². The van der Waals surface area contributed by atoms with Gasteiger partial charge >= 0.3 is 0 Å². The highest BCUT2D eigenvalue weighted by atomic mass is 35.5. The SMILES string of the molecule is CCCCCCCCN.CCCCCCCCNc1nc(N)nc(Nc2ccc(C)cc2)n1.Cc1ccc(Nc2nc(N)nc(Cl)n2)cc1. The van der Waals surface area contributed by atoms with Gasteiger partial charge in [0, 0.05) is 17.9 Å². The number of nitrogen functional groups attached to an aromatic ring is 2. The monoisotopic (exact) mass is 692 g/mol. The lowest BCUT2D eigenvalue weighted by Crippen LogP contribution is -2.10. The zero-order valence-electron chi connectivity index (χ0n) is 29.8. The Morgan fingerprint density at radius 2 is 0.959 bits per heavy atom. The summed E-state index contributed by atoms with van der Waals surface area (Å²) in [7, 11) is 0. The first-order valence-corrected chi connectivity index (χ1v) is 17.9. The molecular formula is C36H57ClN12. The van der Waals surface area contributed by atoms with Crippen molar-refractivity contribution in [3.05, 3.63) is 64.9 Å². The fourth-order valence-electron chi connectivity index (χ4n) is 4.51. The fraction of sp³-hybridized carbons (Fsp3) is 0.500. The number of nitrogens with one attached hydrogen (secondary N) is 3. The molecule has 0 radical (unpaired) electrons. The van der Waals surface area contributed by atoms with Gasteiger partial charge in [-0.05, 0) is 69.1 Å². The number of hydrogen-bond donors (Lipinski definition) is 6. The van der Waals surface area contributed by atoms with Gasteiger partial charge in [-0.25, -0.2) is 0 Å². The average molecular weight is 693 g/mol. The van der Waals surface area contributed by atoms with Gasteiger partial charge in [0.05, 0.1) is 0 Å². The highest BCUT2D eigenvalue weighted by Gasteiger charge is 2.05. The van der Waals surface area contributed by atoms with Gasteiger partial charge in [-0.1, -0.05) is 113 Å². The summed E-state index contributed by atoms with van der Waals surface area (Å²) in [4.78, 5) is 24.1. The number of aromatic nitrogens is 6. The quantitative estimate of drug-likeness (QED) is 0.0544. The lowest BCUT2D eigenvalue weighted by Gasteiger charge is -2.09. The van der Waals surface area contributed by atoms with E-state index in [0.29, 0.717) is 17.8 Å². The first kappa shape index (κ1) is 40.9. The van der Waals surface area contributed by atoms with Gasteiger partial charge in [-0.15, -0.1) is 0 Å². The Hall–Kier alpha value is -4.29. The van der Waals surface area contributed by atoms with Crippen LogP contribution in [-0.4, -0.2) is 43.0 Å². The standard InChI is InChI=1S/C18H28N6.C10H10ClN5.C8H19N/c1-3-4-5-6-7-8-13-20-17-22-16(19)23-18(24-17)21-15-11-9-14(2)10-12-15;1-6-2-4-7(5-3-6)13-10-15-8(11)14-9(12)16-10;1-2-3-4-5-6-7-8-9/h9-12H,3-8,13H2,1-2H3,(H4,19,20,21,22,23,24);2-5H,1H3,(H3,12,13,14,15,16);2-9H2,1H3. The van der Waals surface area contributed by atoms with Crippen molar-refractivity contribution in [2.45, 2.75) is 105 Å². The van der Waals surface area contributed by atoms with Crippen molar-refractivity contribution in [2.75, 3.05) is 40.5 Å². The van der Waals surface area contributed by atoms with Gasteiger partial charge in [0.25, 0.3) is 0 Å². The molecule has 0 unspecified atom stereocenters. The lowest BCUT2D eigenvalue weighted by molar-refractivity contribution is 0.612. The summed E-state index contributed by atoms with van der Waals surface area (Å²) < 4.78 is 0. The number of halogens is 1. The molecule has 0 amide bonds.